The van der Waals surface area contributed by atoms with Crippen LogP contribution in [0.5, 0.6) is 11.5 Å². The van der Waals surface area contributed by atoms with Crippen molar-refractivity contribution in [3.05, 3.63) is 42.5 Å². The third-order valence-electron chi connectivity index (χ3n) is 3.77. The average Bonchev–Trinajstić information content (AvgIpc) is 3.12. The maximum Gasteiger partial charge on any atom is 0.319 e. The normalized spacial score (nSPS) is 10.5. The van der Waals surface area contributed by atoms with Crippen molar-refractivity contribution < 1.29 is 14.3 Å². The molecule has 9 heteroatoms. The van der Waals surface area contributed by atoms with E-state index in [9.17, 15) is 4.79 Å². The van der Waals surface area contributed by atoms with Crippen molar-refractivity contribution in [1.29, 1.82) is 0 Å². The molecule has 3 rings (SSSR count). The number of urea groups is 1. The Morgan fingerprint density at radius 3 is 2.92 bits per heavy atom. The van der Waals surface area contributed by atoms with Gasteiger partial charge in [0.2, 0.25) is 0 Å². The first-order valence-electron chi connectivity index (χ1n) is 8.11. The van der Waals surface area contributed by atoms with Gasteiger partial charge in [-0.15, -0.1) is 0 Å². The second-order valence-corrected chi connectivity index (χ2v) is 5.49. The average molecular weight is 356 g/mol. The molecule has 9 nitrogen and oxygen atoms in total. The number of para-hydroxylation sites is 1. The van der Waals surface area contributed by atoms with E-state index in [1.165, 1.54) is 13.4 Å². The largest absolute Gasteiger partial charge is 0.493 e. The van der Waals surface area contributed by atoms with Crippen LogP contribution in [0.25, 0.3) is 5.78 Å². The number of carbonyl (C=O) groups excluding carboxylic acids is 1. The first kappa shape index (κ1) is 17.5. The van der Waals surface area contributed by atoms with Gasteiger partial charge < -0.3 is 20.1 Å². The fraction of sp³-hybridized carbons (Fsp3) is 0.294. The van der Waals surface area contributed by atoms with Crippen LogP contribution in [0, 0.1) is 0 Å². The van der Waals surface area contributed by atoms with E-state index in [1.807, 2.05) is 6.20 Å². The number of benzene rings is 1. The number of rotatable bonds is 7. The van der Waals surface area contributed by atoms with E-state index >= 15 is 0 Å². The number of hydrogen-bond acceptors (Lipinski definition) is 6. The molecule has 0 aliphatic heterocycles. The molecule has 1 aromatic carbocycles. The summed E-state index contributed by atoms with van der Waals surface area (Å²) in [5.41, 5.74) is 1.57. The molecule has 0 saturated carbocycles. The second kappa shape index (κ2) is 8.15. The summed E-state index contributed by atoms with van der Waals surface area (Å²) >= 11 is 0. The summed E-state index contributed by atoms with van der Waals surface area (Å²) in [7, 11) is 3.08. The minimum atomic E-state index is -0.304. The highest BCUT2D eigenvalue weighted by Gasteiger charge is 2.11. The van der Waals surface area contributed by atoms with Crippen LogP contribution in [0.2, 0.25) is 0 Å². The Labute approximate surface area is 150 Å². The van der Waals surface area contributed by atoms with Gasteiger partial charge >= 0.3 is 6.03 Å². The molecule has 2 aromatic heterocycles. The van der Waals surface area contributed by atoms with Gasteiger partial charge in [-0.3, -0.25) is 0 Å². The molecule has 0 atom stereocenters. The second-order valence-electron chi connectivity index (χ2n) is 5.49. The number of amides is 2. The van der Waals surface area contributed by atoms with Crippen LogP contribution in [-0.2, 0) is 6.42 Å². The molecule has 0 aliphatic rings. The molecule has 136 valence electrons. The van der Waals surface area contributed by atoms with Gasteiger partial charge in [0.15, 0.2) is 11.5 Å². The van der Waals surface area contributed by atoms with Gasteiger partial charge in [-0.05, 0) is 30.5 Å². The maximum atomic E-state index is 12.1. The van der Waals surface area contributed by atoms with E-state index in [2.05, 4.69) is 25.7 Å². The van der Waals surface area contributed by atoms with Gasteiger partial charge in [-0.2, -0.15) is 10.1 Å². The lowest BCUT2D eigenvalue weighted by Gasteiger charge is -2.13. The van der Waals surface area contributed by atoms with Gasteiger partial charge in [0.05, 0.1) is 19.9 Å². The Morgan fingerprint density at radius 2 is 2.12 bits per heavy atom. The van der Waals surface area contributed by atoms with Crippen LogP contribution < -0.4 is 20.1 Å². The van der Waals surface area contributed by atoms with Crippen molar-refractivity contribution >= 4 is 17.5 Å². The predicted octanol–water partition coefficient (Wildman–Crippen LogP) is 1.90. The fourth-order valence-electron chi connectivity index (χ4n) is 2.53. The monoisotopic (exact) mass is 356 g/mol. The molecule has 26 heavy (non-hydrogen) atoms. The Kier molecular flexibility index (Phi) is 5.47. The van der Waals surface area contributed by atoms with Crippen LogP contribution in [0.3, 0.4) is 0 Å². The number of fused-ring (bicyclic) bond motifs is 1. The number of methoxy groups -OCH3 is 2. The van der Waals surface area contributed by atoms with E-state index in [0.29, 0.717) is 29.5 Å². The van der Waals surface area contributed by atoms with E-state index < -0.39 is 0 Å². The zero-order valence-corrected chi connectivity index (χ0v) is 14.6. The molecule has 2 heterocycles. The van der Waals surface area contributed by atoms with Crippen LogP contribution in [0.15, 0.2) is 36.9 Å². The summed E-state index contributed by atoms with van der Waals surface area (Å²) in [5.74, 6) is 1.61. The molecule has 3 aromatic rings. The molecule has 0 saturated heterocycles. The molecule has 2 amide bonds. The summed E-state index contributed by atoms with van der Waals surface area (Å²) in [6.07, 6.45) is 6.66. The lowest BCUT2D eigenvalue weighted by atomic mass is 10.2. The van der Waals surface area contributed by atoms with Gasteiger partial charge in [-0.1, -0.05) is 6.07 Å². The zero-order valence-electron chi connectivity index (χ0n) is 14.6. The van der Waals surface area contributed by atoms with Crippen molar-refractivity contribution in [1.82, 2.24) is 24.9 Å². The smallest absolute Gasteiger partial charge is 0.319 e. The Hall–Kier alpha value is -3.36. The molecule has 0 unspecified atom stereocenters. The van der Waals surface area contributed by atoms with E-state index in [-0.39, 0.29) is 6.03 Å². The van der Waals surface area contributed by atoms with Gasteiger partial charge in [-0.25, -0.2) is 14.3 Å². The highest BCUT2D eigenvalue weighted by molar-refractivity contribution is 5.91. The zero-order chi connectivity index (χ0) is 18.4. The first-order chi connectivity index (χ1) is 12.7. The molecule has 0 bridgehead atoms. The SMILES string of the molecule is COc1cccc(NC(=O)NCCCc2cnc3ncnn3c2)c1OC. The van der Waals surface area contributed by atoms with Gasteiger partial charge in [0, 0.05) is 18.9 Å². The predicted molar refractivity (Wildman–Crippen MR) is 95.7 cm³/mol. The van der Waals surface area contributed by atoms with Crippen LogP contribution in [0.4, 0.5) is 10.5 Å². The van der Waals surface area contributed by atoms with E-state index in [4.69, 9.17) is 9.47 Å². The van der Waals surface area contributed by atoms with Crippen LogP contribution in [-0.4, -0.2) is 46.4 Å². The summed E-state index contributed by atoms with van der Waals surface area (Å²) in [6.45, 7) is 0.521. The summed E-state index contributed by atoms with van der Waals surface area (Å²) in [6, 6.07) is 4.99. The summed E-state index contributed by atoms with van der Waals surface area (Å²) in [5, 5.41) is 9.64. The highest BCUT2D eigenvalue weighted by atomic mass is 16.5. The molecule has 0 radical (unpaired) electrons. The van der Waals surface area contributed by atoms with Crippen molar-refractivity contribution in [2.75, 3.05) is 26.1 Å². The number of aryl methyl sites for hydroxylation is 1. The molecule has 2 N–H and O–H groups in total. The Bertz CT molecular complexity index is 895. The molecule has 0 fully saturated rings. The van der Waals surface area contributed by atoms with Crippen LogP contribution >= 0.6 is 0 Å². The summed E-state index contributed by atoms with van der Waals surface area (Å²) in [4.78, 5) is 20.3. The Balaban J connectivity index is 1.48. The molecule has 0 spiro atoms. The number of ether oxygens (including phenoxy) is 2. The highest BCUT2D eigenvalue weighted by Crippen LogP contribution is 2.34. The third kappa shape index (κ3) is 4.00. The quantitative estimate of drug-likeness (QED) is 0.627. The van der Waals surface area contributed by atoms with Crippen molar-refractivity contribution in [2.24, 2.45) is 0 Å². The lowest BCUT2D eigenvalue weighted by molar-refractivity contribution is 0.252. The van der Waals surface area contributed by atoms with Crippen molar-refractivity contribution in [3.8, 4) is 11.5 Å². The molecular formula is C17H20N6O3. The van der Waals surface area contributed by atoms with E-state index in [0.717, 1.165) is 18.4 Å². The van der Waals surface area contributed by atoms with Crippen LogP contribution in [0.1, 0.15) is 12.0 Å². The number of nitrogens with zero attached hydrogens (tertiary/aromatic N) is 4. The molecule has 0 aliphatic carbocycles. The number of nitrogens with one attached hydrogen (secondary N) is 2. The van der Waals surface area contributed by atoms with Crippen molar-refractivity contribution in [3.63, 3.8) is 0 Å². The topological polar surface area (TPSA) is 103 Å². The maximum absolute atomic E-state index is 12.1. The standard InChI is InChI=1S/C17H20N6O3/c1-25-14-7-3-6-13(15(14)26-2)22-17(24)18-8-4-5-12-9-19-16-20-11-21-23(16)10-12/h3,6-7,9-11H,4-5,8H2,1-2H3,(H2,18,22,24). The summed E-state index contributed by atoms with van der Waals surface area (Å²) < 4.78 is 12.1. The van der Waals surface area contributed by atoms with Gasteiger partial charge in [0.1, 0.15) is 6.33 Å². The number of hydrogen-bond donors (Lipinski definition) is 2. The lowest BCUT2D eigenvalue weighted by Crippen LogP contribution is -2.30. The van der Waals surface area contributed by atoms with Gasteiger partial charge in [0.25, 0.3) is 5.78 Å². The number of anilines is 1. The first-order valence-corrected chi connectivity index (χ1v) is 8.11. The minimum absolute atomic E-state index is 0.304. The third-order valence-corrected chi connectivity index (χ3v) is 3.77. The minimum Gasteiger partial charge on any atom is -0.493 e. The number of aromatic nitrogens is 4. The number of carbonyl (C=O) groups is 1. The van der Waals surface area contributed by atoms with Crippen molar-refractivity contribution in [2.45, 2.75) is 12.8 Å². The van der Waals surface area contributed by atoms with E-state index in [1.54, 1.807) is 36.0 Å². The Morgan fingerprint density at radius 1 is 1.23 bits per heavy atom. The molecular weight excluding hydrogens is 336 g/mol. The fourth-order valence-corrected chi connectivity index (χ4v) is 2.53.